The molecule has 4 aromatic rings. The molecular formula is C38H44N4O3. The Balaban J connectivity index is 1.50. The molecule has 45 heavy (non-hydrogen) atoms. The van der Waals surface area contributed by atoms with Gasteiger partial charge in [-0.2, -0.15) is 0 Å². The average Bonchev–Trinajstić information content (AvgIpc) is 3.38. The number of para-hydroxylation sites is 2. The summed E-state index contributed by atoms with van der Waals surface area (Å²) in [7, 11) is 3.63. The minimum absolute atomic E-state index is 0.0915. The summed E-state index contributed by atoms with van der Waals surface area (Å²) in [4.78, 5) is 32.5. The Labute approximate surface area is 266 Å². The highest BCUT2D eigenvalue weighted by Gasteiger charge is 2.45. The highest BCUT2D eigenvalue weighted by molar-refractivity contribution is 6.02. The molecule has 2 amide bonds. The number of ether oxygens (including phenoxy) is 1. The fraction of sp³-hybridized carbons (Fsp3) is 0.316. The molecule has 5 rings (SSSR count). The molecule has 1 aliphatic heterocycles. The Kier molecular flexibility index (Phi) is 9.89. The predicted molar refractivity (Wildman–Crippen MR) is 182 cm³/mol. The van der Waals surface area contributed by atoms with Gasteiger partial charge in [-0.15, -0.1) is 0 Å². The number of likely N-dealkylation sites (N-methyl/N-ethyl adjacent to an activating group) is 1. The molecule has 0 aliphatic carbocycles. The second-order valence-electron chi connectivity index (χ2n) is 11.6. The van der Waals surface area contributed by atoms with Crippen LogP contribution >= 0.6 is 0 Å². The predicted octanol–water partition coefficient (Wildman–Crippen LogP) is 6.91. The molecule has 2 heterocycles. The smallest absolute Gasteiger partial charge is 0.254 e. The average molecular weight is 605 g/mol. The van der Waals surface area contributed by atoms with Crippen LogP contribution in [-0.4, -0.2) is 54.1 Å². The number of nitrogens with zero attached hydrogens (tertiary/aromatic N) is 3. The van der Waals surface area contributed by atoms with Crippen LogP contribution in [0.4, 0.5) is 5.69 Å². The lowest BCUT2D eigenvalue weighted by Crippen LogP contribution is -2.49. The summed E-state index contributed by atoms with van der Waals surface area (Å²) in [6.07, 6.45) is 8.26. The molecule has 0 saturated carbocycles. The Hall–Kier alpha value is -4.62. The van der Waals surface area contributed by atoms with Gasteiger partial charge in [-0.3, -0.25) is 9.59 Å². The van der Waals surface area contributed by atoms with Crippen LogP contribution in [0.15, 0.2) is 103 Å². The first kappa shape index (κ1) is 31.8. The summed E-state index contributed by atoms with van der Waals surface area (Å²) >= 11 is 0. The lowest BCUT2D eigenvalue weighted by molar-refractivity contribution is -0.124. The molecule has 7 nitrogen and oxygen atoms in total. The summed E-state index contributed by atoms with van der Waals surface area (Å²) in [5.41, 5.74) is 6.72. The molecule has 7 heteroatoms. The maximum absolute atomic E-state index is 14.4. The third-order valence-corrected chi connectivity index (χ3v) is 8.76. The van der Waals surface area contributed by atoms with Gasteiger partial charge in [-0.1, -0.05) is 66.7 Å². The summed E-state index contributed by atoms with van der Waals surface area (Å²) in [6.45, 7) is 9.82. The largest absolute Gasteiger partial charge is 0.383 e. The van der Waals surface area contributed by atoms with E-state index in [9.17, 15) is 9.59 Å². The molecule has 3 unspecified atom stereocenters. The number of benzene rings is 3. The normalized spacial score (nSPS) is 17.5. The third kappa shape index (κ3) is 6.31. The minimum Gasteiger partial charge on any atom is -0.383 e. The van der Waals surface area contributed by atoms with Gasteiger partial charge in [0.15, 0.2) is 0 Å². The standard InChI is InChI=1S/C38H44N4O3/c1-7-28(41(8-2)33-19-13-9-15-26(33)3)22-21-27(4)39-37(43)35-30-17-10-11-18-31(30)38(44)42(23-24-45-6)36(35)32-25-40(5)34-20-14-12-16-29(32)34/h7,9-22,25,27,35-36H,8,23-24H2,1-6H3,(H,39,43)/b22-21-,28-7+. The third-order valence-electron chi connectivity index (χ3n) is 8.76. The second-order valence-corrected chi connectivity index (χ2v) is 11.6. The molecule has 0 radical (unpaired) electrons. The number of aromatic nitrogens is 1. The van der Waals surface area contributed by atoms with Crippen molar-refractivity contribution in [3.8, 4) is 0 Å². The van der Waals surface area contributed by atoms with Crippen LogP contribution in [0.25, 0.3) is 10.9 Å². The molecule has 0 spiro atoms. The molecule has 3 atom stereocenters. The summed E-state index contributed by atoms with van der Waals surface area (Å²) in [6, 6.07) is 23.2. The van der Waals surface area contributed by atoms with E-state index in [0.29, 0.717) is 18.7 Å². The van der Waals surface area contributed by atoms with Crippen molar-refractivity contribution in [2.75, 3.05) is 31.7 Å². The van der Waals surface area contributed by atoms with Crippen LogP contribution in [0.5, 0.6) is 0 Å². The van der Waals surface area contributed by atoms with Crippen molar-refractivity contribution < 1.29 is 14.3 Å². The number of carbonyl (C=O) groups is 2. The zero-order valence-corrected chi connectivity index (χ0v) is 27.2. The lowest BCUT2D eigenvalue weighted by Gasteiger charge is -2.41. The van der Waals surface area contributed by atoms with E-state index in [1.165, 1.54) is 5.56 Å². The van der Waals surface area contributed by atoms with Crippen LogP contribution in [-0.2, 0) is 16.6 Å². The number of nitrogens with one attached hydrogen (secondary N) is 1. The van der Waals surface area contributed by atoms with Gasteiger partial charge in [0.1, 0.15) is 0 Å². The van der Waals surface area contributed by atoms with Crippen LogP contribution < -0.4 is 10.2 Å². The van der Waals surface area contributed by atoms with Crippen LogP contribution in [0.1, 0.15) is 59.8 Å². The highest BCUT2D eigenvalue weighted by Crippen LogP contribution is 2.45. The maximum atomic E-state index is 14.4. The van der Waals surface area contributed by atoms with E-state index in [4.69, 9.17) is 4.74 Å². The van der Waals surface area contributed by atoms with Crippen molar-refractivity contribution >= 4 is 28.4 Å². The molecule has 1 aliphatic rings. The fourth-order valence-corrected chi connectivity index (χ4v) is 6.57. The first-order valence-corrected chi connectivity index (χ1v) is 15.7. The van der Waals surface area contributed by atoms with Gasteiger partial charge in [0.2, 0.25) is 5.91 Å². The molecule has 1 aromatic heterocycles. The zero-order valence-electron chi connectivity index (χ0n) is 27.2. The van der Waals surface area contributed by atoms with Crippen molar-refractivity contribution in [3.05, 3.63) is 125 Å². The number of carbonyl (C=O) groups excluding carboxylic acids is 2. The molecule has 234 valence electrons. The van der Waals surface area contributed by atoms with E-state index in [0.717, 1.165) is 40.0 Å². The first-order chi connectivity index (χ1) is 21.8. The van der Waals surface area contributed by atoms with E-state index in [1.807, 2.05) is 74.3 Å². The fourth-order valence-electron chi connectivity index (χ4n) is 6.57. The van der Waals surface area contributed by atoms with Gasteiger partial charge >= 0.3 is 0 Å². The number of aryl methyl sites for hydroxylation is 2. The minimum atomic E-state index is -0.613. The van der Waals surface area contributed by atoms with Crippen LogP contribution in [0, 0.1) is 6.92 Å². The van der Waals surface area contributed by atoms with Crippen LogP contribution in [0.3, 0.4) is 0 Å². The van der Waals surface area contributed by atoms with Crippen LogP contribution in [0.2, 0.25) is 0 Å². The van der Waals surface area contributed by atoms with E-state index < -0.39 is 12.0 Å². The van der Waals surface area contributed by atoms with Gasteiger partial charge in [-0.25, -0.2) is 0 Å². The molecule has 0 bridgehead atoms. The maximum Gasteiger partial charge on any atom is 0.254 e. The molecule has 3 aromatic carbocycles. The van der Waals surface area contributed by atoms with Gasteiger partial charge < -0.3 is 24.4 Å². The number of hydrogen-bond acceptors (Lipinski definition) is 4. The Morgan fingerprint density at radius 1 is 1.04 bits per heavy atom. The van der Waals surface area contributed by atoms with Gasteiger partial charge in [-0.05, 0) is 63.1 Å². The molecular weight excluding hydrogens is 560 g/mol. The second kappa shape index (κ2) is 14.0. The van der Waals surface area contributed by atoms with Gasteiger partial charge in [0.05, 0.1) is 18.6 Å². The molecule has 0 fully saturated rings. The number of anilines is 1. The summed E-state index contributed by atoms with van der Waals surface area (Å²) in [5.74, 6) is -0.829. The topological polar surface area (TPSA) is 66.8 Å². The number of fused-ring (bicyclic) bond motifs is 2. The molecule has 1 N–H and O–H groups in total. The number of allylic oxidation sites excluding steroid dienone is 2. The lowest BCUT2D eigenvalue weighted by atomic mass is 9.79. The van der Waals surface area contributed by atoms with Gasteiger partial charge in [0, 0.05) is 72.9 Å². The number of amides is 2. The van der Waals surface area contributed by atoms with E-state index in [-0.39, 0.29) is 17.9 Å². The van der Waals surface area contributed by atoms with Crippen molar-refractivity contribution in [1.29, 1.82) is 0 Å². The van der Waals surface area contributed by atoms with Crippen molar-refractivity contribution in [1.82, 2.24) is 14.8 Å². The number of hydrogen-bond donors (Lipinski definition) is 1. The monoisotopic (exact) mass is 604 g/mol. The van der Waals surface area contributed by atoms with Crippen molar-refractivity contribution in [2.24, 2.45) is 7.05 Å². The zero-order chi connectivity index (χ0) is 32.1. The highest BCUT2D eigenvalue weighted by atomic mass is 16.5. The Morgan fingerprint density at radius 3 is 2.49 bits per heavy atom. The number of rotatable bonds is 11. The van der Waals surface area contributed by atoms with Crippen molar-refractivity contribution in [3.63, 3.8) is 0 Å². The molecule has 0 saturated heterocycles. The summed E-state index contributed by atoms with van der Waals surface area (Å²) < 4.78 is 7.50. The van der Waals surface area contributed by atoms with E-state index in [2.05, 4.69) is 77.3 Å². The van der Waals surface area contributed by atoms with E-state index in [1.54, 1.807) is 7.11 Å². The SMILES string of the molecule is C/C=C(\C=C/C(C)NC(=O)C1c2ccccc2C(=O)N(CCOC)C1c1cn(C)c2ccccc12)N(CC)c1ccccc1C. The van der Waals surface area contributed by atoms with Gasteiger partial charge in [0.25, 0.3) is 5.91 Å². The Morgan fingerprint density at radius 2 is 1.76 bits per heavy atom. The van der Waals surface area contributed by atoms with E-state index >= 15 is 0 Å². The quantitative estimate of drug-likeness (QED) is 0.189. The number of methoxy groups -OCH3 is 1. The summed E-state index contributed by atoms with van der Waals surface area (Å²) in [5, 5.41) is 4.30. The Bertz CT molecular complexity index is 1740. The van der Waals surface area contributed by atoms with Crippen molar-refractivity contribution in [2.45, 2.75) is 45.7 Å². The first-order valence-electron chi connectivity index (χ1n) is 15.7.